The molecule has 0 unspecified atom stereocenters. The number of nitrogens with two attached hydrogens (primary N) is 1. The lowest BCUT2D eigenvalue weighted by Crippen LogP contribution is -2.36. The monoisotopic (exact) mass is 249 g/mol. The van der Waals surface area contributed by atoms with E-state index in [4.69, 9.17) is 16.4 Å². The fourth-order valence-electron chi connectivity index (χ4n) is 1.26. The third-order valence-electron chi connectivity index (χ3n) is 2.26. The Kier molecular flexibility index (Phi) is 4.94. The molecule has 0 aliphatic rings. The van der Waals surface area contributed by atoms with E-state index in [0.717, 1.165) is 0 Å². The summed E-state index contributed by atoms with van der Waals surface area (Å²) in [6, 6.07) is 5.26. The topological polar surface area (TPSA) is 127 Å². The summed E-state index contributed by atoms with van der Waals surface area (Å²) in [5.41, 5.74) is 14.9. The minimum atomic E-state index is -0.993. The van der Waals surface area contributed by atoms with Crippen molar-refractivity contribution in [2.24, 2.45) is 10.8 Å². The number of nitrogens with zero attached hydrogens (tertiary/aromatic N) is 2. The van der Waals surface area contributed by atoms with E-state index in [1.807, 2.05) is 0 Å². The number of benzene rings is 1. The Balaban J connectivity index is 2.52. The first kappa shape index (κ1) is 13.8. The second-order valence-corrected chi connectivity index (χ2v) is 3.68. The predicted octanol–water partition coefficient (Wildman–Crippen LogP) is 0.701. The van der Waals surface area contributed by atoms with Gasteiger partial charge >= 0.3 is 5.97 Å². The van der Waals surface area contributed by atoms with Gasteiger partial charge in [0.2, 0.25) is 5.91 Å². The van der Waals surface area contributed by atoms with Crippen LogP contribution in [0.25, 0.3) is 0 Å². The zero-order valence-corrected chi connectivity index (χ0v) is 9.54. The summed E-state index contributed by atoms with van der Waals surface area (Å²) in [5, 5.41) is 14.0. The highest BCUT2D eigenvalue weighted by atomic mass is 16.4. The number of carbonyl (C=O) groups is 2. The van der Waals surface area contributed by atoms with E-state index in [2.05, 4.69) is 10.4 Å². The summed E-state index contributed by atoms with van der Waals surface area (Å²) >= 11 is 0. The molecule has 1 aromatic rings. The van der Waals surface area contributed by atoms with Crippen molar-refractivity contribution in [1.82, 2.24) is 5.53 Å². The number of hydrogen-bond donors (Lipinski definition) is 3. The van der Waals surface area contributed by atoms with Crippen LogP contribution in [0.4, 0.5) is 11.4 Å². The van der Waals surface area contributed by atoms with Gasteiger partial charge in [0.1, 0.15) is 0 Å². The average Bonchev–Trinajstić information content (AvgIpc) is 2.36. The molecule has 0 aliphatic carbocycles. The molecule has 1 aromatic carbocycles. The SMILES string of the molecule is [N]=Nc1ccc(NC(=O)[C@@H](N)CCC(=O)O)cc1. The minimum Gasteiger partial charge on any atom is -0.481 e. The third kappa shape index (κ3) is 4.30. The van der Waals surface area contributed by atoms with Gasteiger partial charge in [-0.1, -0.05) is 0 Å². The van der Waals surface area contributed by atoms with Crippen LogP contribution in [0.3, 0.4) is 0 Å². The molecular formula is C11H13N4O3. The van der Waals surface area contributed by atoms with Crippen LogP contribution in [0.1, 0.15) is 12.8 Å². The normalized spacial score (nSPS) is 11.6. The second-order valence-electron chi connectivity index (χ2n) is 3.68. The van der Waals surface area contributed by atoms with E-state index < -0.39 is 17.9 Å². The number of nitrogens with one attached hydrogen (secondary N) is 1. The minimum absolute atomic E-state index is 0.0746. The van der Waals surface area contributed by atoms with Crippen molar-refractivity contribution in [3.05, 3.63) is 24.3 Å². The molecule has 7 nitrogen and oxygen atoms in total. The van der Waals surface area contributed by atoms with E-state index in [1.54, 1.807) is 12.1 Å². The molecule has 0 heterocycles. The number of rotatable bonds is 6. The fourth-order valence-corrected chi connectivity index (χ4v) is 1.26. The fraction of sp³-hybridized carbons (Fsp3) is 0.273. The van der Waals surface area contributed by atoms with E-state index in [1.165, 1.54) is 12.1 Å². The van der Waals surface area contributed by atoms with E-state index in [9.17, 15) is 9.59 Å². The standard InChI is InChI=1S/C11H13N4O3/c12-9(5-6-10(16)17)11(18)14-7-1-3-8(15-13)4-2-7/h1-4,9H,5-6,12H2,(H,14,18)(H,16,17)/t9-/m0/s1. The lowest BCUT2D eigenvalue weighted by molar-refractivity contribution is -0.137. The van der Waals surface area contributed by atoms with Crippen molar-refractivity contribution in [2.75, 3.05) is 5.32 Å². The van der Waals surface area contributed by atoms with Crippen molar-refractivity contribution in [3.63, 3.8) is 0 Å². The first-order valence-corrected chi connectivity index (χ1v) is 5.26. The Labute approximate surface area is 103 Å². The second kappa shape index (κ2) is 6.45. The van der Waals surface area contributed by atoms with Gasteiger partial charge in [-0.05, 0) is 36.2 Å². The highest BCUT2D eigenvalue weighted by molar-refractivity contribution is 5.94. The van der Waals surface area contributed by atoms with Crippen LogP contribution in [-0.4, -0.2) is 23.0 Å². The molecule has 1 amide bonds. The zero-order valence-electron chi connectivity index (χ0n) is 9.54. The van der Waals surface area contributed by atoms with Crippen LogP contribution in [0.5, 0.6) is 0 Å². The van der Waals surface area contributed by atoms with Gasteiger partial charge < -0.3 is 16.2 Å². The summed E-state index contributed by atoms with van der Waals surface area (Å²) in [6.45, 7) is 0. The summed E-state index contributed by atoms with van der Waals surface area (Å²) in [7, 11) is 0. The average molecular weight is 249 g/mol. The van der Waals surface area contributed by atoms with Crippen LogP contribution in [0.2, 0.25) is 0 Å². The van der Waals surface area contributed by atoms with Gasteiger partial charge in [0, 0.05) is 12.1 Å². The molecule has 1 atom stereocenters. The smallest absolute Gasteiger partial charge is 0.303 e. The Bertz CT molecular complexity index is 444. The summed E-state index contributed by atoms with van der Waals surface area (Å²) in [4.78, 5) is 21.9. The lowest BCUT2D eigenvalue weighted by Gasteiger charge is -2.11. The maximum Gasteiger partial charge on any atom is 0.303 e. The molecular weight excluding hydrogens is 236 g/mol. The number of anilines is 1. The van der Waals surface area contributed by atoms with Crippen LogP contribution < -0.4 is 16.6 Å². The summed E-state index contributed by atoms with van der Waals surface area (Å²) < 4.78 is 0. The number of amides is 1. The predicted molar refractivity (Wildman–Crippen MR) is 64.1 cm³/mol. The molecule has 0 saturated heterocycles. The molecule has 18 heavy (non-hydrogen) atoms. The van der Waals surface area contributed by atoms with Gasteiger partial charge in [-0.3, -0.25) is 9.59 Å². The molecule has 1 radical (unpaired) electrons. The van der Waals surface area contributed by atoms with Crippen molar-refractivity contribution < 1.29 is 14.7 Å². The van der Waals surface area contributed by atoms with Crippen molar-refractivity contribution in [1.29, 1.82) is 0 Å². The van der Waals surface area contributed by atoms with Gasteiger partial charge in [0.25, 0.3) is 0 Å². The first-order chi connectivity index (χ1) is 8.52. The first-order valence-electron chi connectivity index (χ1n) is 5.26. The number of carbonyl (C=O) groups excluding carboxylic acids is 1. The molecule has 0 aliphatic heterocycles. The van der Waals surface area contributed by atoms with E-state index in [0.29, 0.717) is 11.4 Å². The molecule has 95 valence electrons. The Hall–Kier alpha value is -2.28. The van der Waals surface area contributed by atoms with E-state index in [-0.39, 0.29) is 12.8 Å². The van der Waals surface area contributed by atoms with E-state index >= 15 is 0 Å². The molecule has 0 fully saturated rings. The van der Waals surface area contributed by atoms with Gasteiger partial charge in [-0.2, -0.15) is 0 Å². The van der Waals surface area contributed by atoms with Gasteiger partial charge in [0.05, 0.1) is 11.7 Å². The Morgan fingerprint density at radius 2 is 2.00 bits per heavy atom. The molecule has 0 spiro atoms. The number of aliphatic carboxylic acids is 1. The van der Waals surface area contributed by atoms with Gasteiger partial charge in [-0.15, -0.1) is 5.11 Å². The van der Waals surface area contributed by atoms with Crippen LogP contribution in [0, 0.1) is 0 Å². The molecule has 7 heteroatoms. The Morgan fingerprint density at radius 3 is 2.50 bits per heavy atom. The highest BCUT2D eigenvalue weighted by Gasteiger charge is 2.14. The van der Waals surface area contributed by atoms with Crippen molar-refractivity contribution >= 4 is 23.3 Å². The third-order valence-corrected chi connectivity index (χ3v) is 2.26. The molecule has 0 aromatic heterocycles. The number of hydrogen-bond acceptors (Lipinski definition) is 4. The highest BCUT2D eigenvalue weighted by Crippen LogP contribution is 2.15. The maximum absolute atomic E-state index is 11.6. The largest absolute Gasteiger partial charge is 0.481 e. The summed E-state index contributed by atoms with van der Waals surface area (Å²) in [6.07, 6.45) is -0.0812. The number of carboxylic acids is 1. The van der Waals surface area contributed by atoms with Crippen molar-refractivity contribution in [2.45, 2.75) is 18.9 Å². The quantitative estimate of drug-likeness (QED) is 0.641. The van der Waals surface area contributed by atoms with Crippen molar-refractivity contribution in [3.8, 4) is 0 Å². The van der Waals surface area contributed by atoms with Crippen LogP contribution in [0.15, 0.2) is 29.4 Å². The maximum atomic E-state index is 11.6. The Morgan fingerprint density at radius 1 is 1.39 bits per heavy atom. The zero-order chi connectivity index (χ0) is 13.5. The van der Waals surface area contributed by atoms with Gasteiger partial charge in [-0.25, -0.2) is 0 Å². The number of carboxylic acid groups (broad SMARTS) is 1. The van der Waals surface area contributed by atoms with Crippen LogP contribution in [-0.2, 0) is 9.59 Å². The lowest BCUT2D eigenvalue weighted by atomic mass is 10.1. The summed E-state index contributed by atoms with van der Waals surface area (Å²) in [5.74, 6) is -1.45. The molecule has 0 saturated carbocycles. The van der Waals surface area contributed by atoms with Gasteiger partial charge in [0.15, 0.2) is 0 Å². The molecule has 1 rings (SSSR count). The molecule has 0 bridgehead atoms. The molecule has 4 N–H and O–H groups in total. The van der Waals surface area contributed by atoms with Crippen LogP contribution >= 0.6 is 0 Å².